The molecule has 0 atom stereocenters. The third-order valence-corrected chi connectivity index (χ3v) is 25.3. The normalized spacial score (nSPS) is 11.8. The topological polar surface area (TPSA) is 49.9 Å². The molecule has 1 aliphatic rings. The fraction of sp³-hybridized carbons (Fsp3) is 0.261. The zero-order chi connectivity index (χ0) is 78.0. The molecule has 12 aromatic rings. The second-order valence-corrected chi connectivity index (χ2v) is 36.8. The summed E-state index contributed by atoms with van der Waals surface area (Å²) in [6.45, 7) is 15.4. The first-order chi connectivity index (χ1) is 54.5. The van der Waals surface area contributed by atoms with Crippen molar-refractivity contribution in [3.8, 4) is 67.5 Å². The number of thiophene rings is 4. The molecule has 8 nitrogen and oxygen atoms in total. The minimum Gasteiger partial charge on any atom is -0.494 e. The molecule has 0 saturated heterocycles. The van der Waals surface area contributed by atoms with Crippen LogP contribution in [0.25, 0.3) is 44.5 Å². The fourth-order valence-electron chi connectivity index (χ4n) is 14.9. The van der Waals surface area contributed by atoms with Crippen LogP contribution in [0.2, 0.25) is 0 Å². The maximum atomic E-state index is 6.41. The predicted molar refractivity (Wildman–Crippen MR) is 502 cm³/mol. The minimum atomic E-state index is 0.501. The molecule has 0 unspecified atom stereocenters. The summed E-state index contributed by atoms with van der Waals surface area (Å²) in [6.07, 6.45) is 5.62. The molecule has 0 radical (unpaired) electrons. The van der Waals surface area contributed by atoms with Gasteiger partial charge in [-0.15, -0.1) is 95.9 Å². The first-order valence-corrected chi connectivity index (χ1v) is 45.0. The molecule has 0 amide bonds. The molecule has 20 heteroatoms. The van der Waals surface area contributed by atoms with E-state index in [4.69, 9.17) is 118 Å². The highest BCUT2D eigenvalue weighted by atomic mass is 32.2. The van der Waals surface area contributed by atoms with Crippen molar-refractivity contribution in [2.45, 2.75) is 131 Å². The number of nitrogens with zero attached hydrogens (tertiary/aromatic N) is 4. The van der Waals surface area contributed by atoms with Crippen molar-refractivity contribution in [3.05, 3.63) is 302 Å². The number of thiocarbonyl (C=S) groups is 4. The zero-order valence-corrected chi connectivity index (χ0v) is 73.5. The third-order valence-electron chi connectivity index (χ3n) is 19.7. The Balaban J connectivity index is 1.17. The van der Waals surface area contributed by atoms with Gasteiger partial charge in [-0.3, -0.25) is 0 Å². The van der Waals surface area contributed by atoms with Crippen LogP contribution in [-0.2, 0) is 78.0 Å². The van der Waals surface area contributed by atoms with Crippen molar-refractivity contribution in [2.24, 2.45) is 0 Å². The maximum Gasteiger partial charge on any atom is 0.133 e. The molecule has 1 aliphatic carbocycles. The second kappa shape index (κ2) is 40.3. The molecule has 0 fully saturated rings. The van der Waals surface area contributed by atoms with Gasteiger partial charge in [0.1, 0.15) is 40.3 Å². The molecule has 112 heavy (non-hydrogen) atoms. The van der Waals surface area contributed by atoms with Crippen molar-refractivity contribution >= 4 is 162 Å². The van der Waals surface area contributed by atoms with Crippen LogP contribution in [0.15, 0.2) is 216 Å². The molecule has 8 aromatic carbocycles. The van der Waals surface area contributed by atoms with Gasteiger partial charge >= 0.3 is 0 Å². The van der Waals surface area contributed by atoms with Gasteiger partial charge in [-0.1, -0.05) is 198 Å². The Morgan fingerprint density at radius 3 is 0.625 bits per heavy atom. The molecule has 4 heterocycles. The van der Waals surface area contributed by atoms with E-state index in [-0.39, 0.29) is 0 Å². The van der Waals surface area contributed by atoms with Crippen LogP contribution in [0.1, 0.15) is 140 Å². The van der Waals surface area contributed by atoms with Crippen LogP contribution < -0.4 is 18.9 Å². The molecule has 0 aliphatic heterocycles. The summed E-state index contributed by atoms with van der Waals surface area (Å²) in [4.78, 5) is 13.7. The van der Waals surface area contributed by atoms with Crippen molar-refractivity contribution in [1.82, 2.24) is 19.6 Å². The maximum absolute atomic E-state index is 6.41. The Bertz CT molecular complexity index is 4410. The van der Waals surface area contributed by atoms with Crippen LogP contribution in [0.4, 0.5) is 0 Å². The lowest BCUT2D eigenvalue weighted by atomic mass is 9.79. The Hall–Kier alpha value is -7.28. The van der Waals surface area contributed by atoms with Crippen molar-refractivity contribution < 1.29 is 18.9 Å². The van der Waals surface area contributed by atoms with Gasteiger partial charge in [-0.25, -0.2) is 0 Å². The van der Waals surface area contributed by atoms with Crippen LogP contribution in [-0.4, -0.2) is 63.3 Å². The van der Waals surface area contributed by atoms with Crippen LogP contribution in [0.3, 0.4) is 0 Å². The van der Waals surface area contributed by atoms with Crippen LogP contribution in [0.5, 0.6) is 23.0 Å². The Kier molecular flexibility index (Phi) is 29.8. The summed E-state index contributed by atoms with van der Waals surface area (Å²) >= 11 is 51.6. The first-order valence-electron chi connectivity index (χ1n) is 38.1. The Morgan fingerprint density at radius 1 is 0.286 bits per heavy atom. The first kappa shape index (κ1) is 82.7. The van der Waals surface area contributed by atoms with E-state index in [2.05, 4.69) is 263 Å². The molecular formula is C92H92N4O4S12. The molecule has 0 N–H and O–H groups in total. The fourth-order valence-corrected chi connectivity index (χ4v) is 18.9. The number of hydrogen-bond acceptors (Lipinski definition) is 12. The van der Waals surface area contributed by atoms with E-state index in [1.165, 1.54) is 19.5 Å². The zero-order valence-electron chi connectivity index (χ0n) is 63.4. The monoisotopic (exact) mass is 1700 g/mol. The van der Waals surface area contributed by atoms with E-state index in [0.29, 0.717) is 122 Å². The van der Waals surface area contributed by atoms with E-state index in [1.54, 1.807) is 45.3 Å². The number of benzene rings is 8. The summed E-state index contributed by atoms with van der Waals surface area (Å²) < 4.78 is 27.7. The number of fused-ring (bicyclic) bond motifs is 8. The largest absolute Gasteiger partial charge is 0.494 e. The van der Waals surface area contributed by atoms with E-state index >= 15 is 0 Å². The van der Waals surface area contributed by atoms with Gasteiger partial charge in [0.05, 0.1) is 52.6 Å². The molecule has 4 aromatic heterocycles. The van der Waals surface area contributed by atoms with Crippen LogP contribution >= 0.6 is 145 Å². The smallest absolute Gasteiger partial charge is 0.133 e. The average molecular weight is 1700 g/mol. The van der Waals surface area contributed by atoms with Crippen LogP contribution in [0, 0.1) is 0 Å². The molecule has 576 valence electrons. The van der Waals surface area contributed by atoms with Gasteiger partial charge in [0.2, 0.25) is 0 Å². The van der Waals surface area contributed by atoms with Gasteiger partial charge in [-0.2, -0.15) is 0 Å². The van der Waals surface area contributed by atoms with E-state index in [1.807, 2.05) is 0 Å². The van der Waals surface area contributed by atoms with Gasteiger partial charge in [0.25, 0.3) is 0 Å². The van der Waals surface area contributed by atoms with Crippen molar-refractivity contribution in [1.29, 1.82) is 0 Å². The summed E-state index contributed by atoms with van der Waals surface area (Å²) in [5, 5.41) is 8.51. The number of ether oxygens (including phenoxy) is 4. The Labute approximate surface area is 720 Å². The van der Waals surface area contributed by atoms with Gasteiger partial charge in [-0.05, 0) is 257 Å². The van der Waals surface area contributed by atoms with Crippen molar-refractivity contribution in [2.75, 3.05) is 26.4 Å². The average Bonchev–Trinajstić information content (AvgIpc) is 0.805. The molecule has 0 saturated carbocycles. The van der Waals surface area contributed by atoms with E-state index in [9.17, 15) is 0 Å². The summed E-state index contributed by atoms with van der Waals surface area (Å²) in [5.74, 6) is 3.28. The lowest BCUT2D eigenvalue weighted by Gasteiger charge is -2.28. The number of hydrogen-bond donors (Lipinski definition) is 4. The number of thiol groups is 4. The number of rotatable bonds is 32. The van der Waals surface area contributed by atoms with E-state index < -0.39 is 0 Å². The lowest BCUT2D eigenvalue weighted by molar-refractivity contribution is 0.317. The molecule has 0 spiro atoms. The van der Waals surface area contributed by atoms with Gasteiger partial charge < -0.3 is 38.5 Å². The van der Waals surface area contributed by atoms with Gasteiger partial charge in [0.15, 0.2) is 0 Å². The van der Waals surface area contributed by atoms with E-state index in [0.717, 1.165) is 160 Å². The predicted octanol–water partition coefficient (Wildman–Crippen LogP) is 25.3. The molecular weight excluding hydrogens is 1610 g/mol. The SMILES string of the molecule is CCCOc1ccc(-c2c3cc(CN(Cc4cccs4)C(=S)S)cc2Cc2cc(CN(Cc4cccs4)C(=S)S)cc(c2-c2ccc(OCCC)cc2)Cc2cc(CN(Cc4cccs4)C(=S)S)cc(c2-c2ccc(OCCC)cc2)Cc2cc(CN(Cc4cccs4)C(=S)S)cc(c2-c2ccc(OCCC)cc2)C3)cc1. The minimum absolute atomic E-state index is 0.501. The molecule has 8 bridgehead atoms. The highest BCUT2D eigenvalue weighted by Crippen LogP contribution is 2.45. The highest BCUT2D eigenvalue weighted by molar-refractivity contribution is 8.11. The van der Waals surface area contributed by atoms with Crippen molar-refractivity contribution in [3.63, 3.8) is 0 Å². The lowest BCUT2D eigenvalue weighted by Crippen LogP contribution is -2.25. The Morgan fingerprint density at radius 2 is 0.473 bits per heavy atom. The third kappa shape index (κ3) is 21.8. The summed E-state index contributed by atoms with van der Waals surface area (Å²) in [6, 6.07) is 71.9. The highest BCUT2D eigenvalue weighted by Gasteiger charge is 2.28. The van der Waals surface area contributed by atoms with Gasteiger partial charge in [0, 0.05) is 45.7 Å². The standard InChI is InChI=1S/C92H92N4O4S12/c1-5-33-97-77-25-17-65(18-26-77)85-69-41-61(53-93(89(101)102)57-81-13-9-37-109-81)42-70(85)50-72-44-63(55-95(91(105)106)59-83-15-11-39-111-83)46-74(87(72)67-21-29-79(30-22-67)99-35-7-3)52-76-48-64(56-96(92(107)108)60-84-16-12-40-112-84)47-75(88(76)68-23-31-80(32-24-68)100-36-8-4)51-73-45-62(54-94(90(103)104)58-82-14-10-38-110-82)43-71(49-69)86(73)66-19-27-78(28-20-66)98-34-6-2/h9-32,37-48H,5-8,33-36,49-60H2,1-4H3,(H,101,102)(H,103,104)(H,105,106)(H,107,108). The summed E-state index contributed by atoms with van der Waals surface area (Å²) in [7, 11) is 0. The summed E-state index contributed by atoms with van der Waals surface area (Å²) in [5.41, 5.74) is 22.5. The quantitative estimate of drug-likeness (QED) is 0.0240. The molecule has 13 rings (SSSR count). The second-order valence-electron chi connectivity index (χ2n) is 28.2.